The molecule has 11 atom stereocenters. The minimum Gasteiger partial charge on any atom is -0.481 e. The summed E-state index contributed by atoms with van der Waals surface area (Å²) < 4.78 is 13.6. The van der Waals surface area contributed by atoms with Crippen molar-refractivity contribution < 1.29 is 19.4 Å². The number of hydrogen-bond donors (Lipinski definition) is 3. The third kappa shape index (κ3) is 4.80. The Labute approximate surface area is 282 Å². The second kappa shape index (κ2) is 11.5. The molecule has 4 fully saturated rings. The van der Waals surface area contributed by atoms with Gasteiger partial charge in [0, 0.05) is 16.4 Å². The Morgan fingerprint density at radius 3 is 2.43 bits per heavy atom. The van der Waals surface area contributed by atoms with E-state index in [0.717, 1.165) is 51.4 Å². The highest BCUT2D eigenvalue weighted by atomic mass is 16.5. The van der Waals surface area contributed by atoms with Crippen molar-refractivity contribution >= 4 is 11.9 Å². The third-order valence-electron chi connectivity index (χ3n) is 15.8. The molecule has 0 unspecified atom stereocenters. The van der Waals surface area contributed by atoms with Crippen LogP contribution in [-0.2, 0) is 14.3 Å². The molecule has 2 bridgehead atoms. The van der Waals surface area contributed by atoms with Gasteiger partial charge in [0.15, 0.2) is 0 Å². The highest BCUT2D eigenvalue weighted by molar-refractivity contribution is 5.73. The summed E-state index contributed by atoms with van der Waals surface area (Å²) in [6.45, 7) is 22.1. The summed E-state index contributed by atoms with van der Waals surface area (Å²) in [4.78, 5) is 15.1. The standard InChI is InChI=1S/C37H62N6O4/c1-10-36(39,11-2)20-47-29-26(43-41-31(38)40-42-43)18-37-21-46-19-33(29,7)27(37)13-12-24-25(37)14-15-35(9)28(30(44)45)32(6,23(5)22(3)4)16-17-34(24,35)8/h14,22-24,26-29H,10-13,15-21,39H2,1-9H3,(H2,38,41)(H,44,45)/t23-,24+,26-,27+,28-,29+,32-,33+,34-,35+,37+/m1/s1. The van der Waals surface area contributed by atoms with Gasteiger partial charge < -0.3 is 26.0 Å². The number of nitrogens with two attached hydrogens (primary N) is 2. The van der Waals surface area contributed by atoms with Crippen LogP contribution >= 0.6 is 0 Å². The average molecular weight is 655 g/mol. The van der Waals surface area contributed by atoms with Gasteiger partial charge in [-0.25, -0.2) is 0 Å². The van der Waals surface area contributed by atoms with Crippen LogP contribution in [0.1, 0.15) is 120 Å². The zero-order chi connectivity index (χ0) is 34.4. The Morgan fingerprint density at radius 2 is 1.83 bits per heavy atom. The fourth-order valence-electron chi connectivity index (χ4n) is 12.2. The van der Waals surface area contributed by atoms with Crippen molar-refractivity contribution in [1.29, 1.82) is 0 Å². The van der Waals surface area contributed by atoms with Crippen LogP contribution in [-0.4, -0.2) is 62.7 Å². The number of ether oxygens (including phenoxy) is 2. The molecule has 1 saturated heterocycles. The number of aromatic nitrogens is 4. The quantitative estimate of drug-likeness (QED) is 0.261. The second-order valence-corrected chi connectivity index (χ2v) is 17.9. The van der Waals surface area contributed by atoms with E-state index in [1.54, 1.807) is 4.80 Å². The molecule has 1 aromatic rings. The van der Waals surface area contributed by atoms with Crippen LogP contribution in [0, 0.1) is 56.7 Å². The number of hydrogen-bond acceptors (Lipinski definition) is 8. The van der Waals surface area contributed by atoms with E-state index in [-0.39, 0.29) is 51.1 Å². The number of nitrogen functional groups attached to an aromatic ring is 1. The van der Waals surface area contributed by atoms with Gasteiger partial charge in [0.1, 0.15) is 6.04 Å². The number of anilines is 1. The molecule has 6 rings (SSSR count). The molecular weight excluding hydrogens is 592 g/mol. The second-order valence-electron chi connectivity index (χ2n) is 17.9. The molecule has 10 heteroatoms. The molecule has 47 heavy (non-hydrogen) atoms. The Bertz CT molecular complexity index is 1390. The number of tetrazole rings is 1. The molecule has 10 nitrogen and oxygen atoms in total. The van der Waals surface area contributed by atoms with E-state index >= 15 is 0 Å². The number of carboxylic acids is 1. The molecular formula is C37H62N6O4. The van der Waals surface area contributed by atoms with E-state index in [4.69, 9.17) is 20.9 Å². The minimum absolute atomic E-state index is 0.149. The normalized spacial score (nSPS) is 43.8. The number of nitrogens with zero attached hydrogens (tertiary/aromatic N) is 4. The molecule has 0 amide bonds. The lowest BCUT2D eigenvalue weighted by atomic mass is 9.34. The molecule has 2 heterocycles. The SMILES string of the molecule is CCC(N)(CC)CO[C@H]1[C@H](n2nnc(N)n2)C[C@@]23COC[C@@]1(C)[C@@H]2CC[C@H]1C3=CC[C@@]2(C)[C@H](C(=O)O)[C@@](C)([C@H](C)C(C)C)CC[C@]12C. The minimum atomic E-state index is -0.631. The number of aliphatic carboxylic acids is 1. The van der Waals surface area contributed by atoms with Crippen molar-refractivity contribution in [3.05, 3.63) is 11.6 Å². The zero-order valence-electron chi connectivity index (χ0n) is 30.5. The van der Waals surface area contributed by atoms with Crippen molar-refractivity contribution in [3.63, 3.8) is 0 Å². The molecule has 0 radical (unpaired) electrons. The first-order valence-electron chi connectivity index (χ1n) is 18.4. The zero-order valence-corrected chi connectivity index (χ0v) is 30.5. The first kappa shape index (κ1) is 34.8. The number of allylic oxidation sites excluding steroid dienone is 1. The number of fused-ring (bicyclic) bond motifs is 3. The summed E-state index contributed by atoms with van der Waals surface area (Å²) >= 11 is 0. The van der Waals surface area contributed by atoms with Crippen LogP contribution in [0.4, 0.5) is 5.95 Å². The summed E-state index contributed by atoms with van der Waals surface area (Å²) in [5.41, 5.74) is 12.6. The van der Waals surface area contributed by atoms with Gasteiger partial charge in [0.25, 0.3) is 5.95 Å². The molecule has 1 aromatic heterocycles. The Hall–Kier alpha value is -2.04. The highest BCUT2D eigenvalue weighted by Gasteiger charge is 2.72. The van der Waals surface area contributed by atoms with E-state index in [9.17, 15) is 9.90 Å². The number of carbonyl (C=O) groups is 1. The molecule has 264 valence electrons. The van der Waals surface area contributed by atoms with Crippen LogP contribution in [0.3, 0.4) is 0 Å². The van der Waals surface area contributed by atoms with Crippen molar-refractivity contribution in [3.8, 4) is 0 Å². The van der Waals surface area contributed by atoms with Crippen LogP contribution < -0.4 is 11.5 Å². The Kier molecular flexibility index (Phi) is 8.52. The number of rotatable bonds is 9. The molecule has 0 spiro atoms. The fraction of sp³-hybridized carbons (Fsp3) is 0.892. The van der Waals surface area contributed by atoms with Crippen LogP contribution in [0.5, 0.6) is 0 Å². The van der Waals surface area contributed by atoms with Crippen molar-refractivity contribution in [2.45, 2.75) is 131 Å². The lowest BCUT2D eigenvalue weighted by molar-refractivity contribution is -0.253. The summed E-state index contributed by atoms with van der Waals surface area (Å²) in [5.74, 6) is 0.475. The fourth-order valence-corrected chi connectivity index (χ4v) is 12.2. The average Bonchev–Trinajstić information content (AvgIpc) is 3.45. The monoisotopic (exact) mass is 654 g/mol. The maximum Gasteiger partial charge on any atom is 0.307 e. The van der Waals surface area contributed by atoms with Crippen LogP contribution in [0.2, 0.25) is 0 Å². The summed E-state index contributed by atoms with van der Waals surface area (Å²) in [7, 11) is 0. The lowest BCUT2D eigenvalue weighted by Gasteiger charge is -2.71. The molecule has 3 saturated carbocycles. The maximum absolute atomic E-state index is 13.4. The topological polar surface area (TPSA) is 151 Å². The lowest BCUT2D eigenvalue weighted by Crippen LogP contribution is -2.69. The highest BCUT2D eigenvalue weighted by Crippen LogP contribution is 2.75. The molecule has 5 aliphatic rings. The Morgan fingerprint density at radius 1 is 1.13 bits per heavy atom. The summed E-state index contributed by atoms with van der Waals surface area (Å²) in [6.07, 6.45) is 9.52. The first-order chi connectivity index (χ1) is 22.0. The first-order valence-corrected chi connectivity index (χ1v) is 18.4. The third-order valence-corrected chi connectivity index (χ3v) is 15.8. The molecule has 1 aliphatic heterocycles. The summed E-state index contributed by atoms with van der Waals surface area (Å²) in [5, 5.41) is 24.1. The van der Waals surface area contributed by atoms with Crippen molar-refractivity contribution in [2.24, 2.45) is 62.4 Å². The van der Waals surface area contributed by atoms with Gasteiger partial charge in [0.05, 0.1) is 31.8 Å². The predicted molar refractivity (Wildman–Crippen MR) is 182 cm³/mol. The predicted octanol–water partition coefficient (Wildman–Crippen LogP) is 6.29. The van der Waals surface area contributed by atoms with E-state index in [1.807, 2.05) is 0 Å². The van der Waals surface area contributed by atoms with Gasteiger partial charge in [0.2, 0.25) is 0 Å². The van der Waals surface area contributed by atoms with Gasteiger partial charge in [-0.15, -0.1) is 5.10 Å². The van der Waals surface area contributed by atoms with Gasteiger partial charge in [-0.05, 0) is 96.5 Å². The molecule has 4 aliphatic carbocycles. The smallest absolute Gasteiger partial charge is 0.307 e. The van der Waals surface area contributed by atoms with Crippen LogP contribution in [0.25, 0.3) is 0 Å². The van der Waals surface area contributed by atoms with E-state index in [2.05, 4.69) is 83.8 Å². The van der Waals surface area contributed by atoms with Gasteiger partial charge in [-0.2, -0.15) is 4.80 Å². The van der Waals surface area contributed by atoms with Crippen LogP contribution in [0.15, 0.2) is 11.6 Å². The number of carboxylic acid groups (broad SMARTS) is 1. The summed E-state index contributed by atoms with van der Waals surface area (Å²) in [6, 6.07) is -0.183. The van der Waals surface area contributed by atoms with Crippen molar-refractivity contribution in [1.82, 2.24) is 20.2 Å². The van der Waals surface area contributed by atoms with Gasteiger partial charge in [-0.1, -0.05) is 79.1 Å². The van der Waals surface area contributed by atoms with Crippen molar-refractivity contribution in [2.75, 3.05) is 25.6 Å². The largest absolute Gasteiger partial charge is 0.481 e. The molecule has 5 N–H and O–H groups in total. The Balaban J connectivity index is 1.44. The molecule has 0 aromatic carbocycles. The maximum atomic E-state index is 13.4. The van der Waals surface area contributed by atoms with E-state index in [1.165, 1.54) is 5.57 Å². The van der Waals surface area contributed by atoms with E-state index in [0.29, 0.717) is 37.6 Å². The van der Waals surface area contributed by atoms with Gasteiger partial charge >= 0.3 is 5.97 Å². The van der Waals surface area contributed by atoms with Gasteiger partial charge in [-0.3, -0.25) is 4.79 Å². The van der Waals surface area contributed by atoms with E-state index < -0.39 is 17.4 Å².